The van der Waals surface area contributed by atoms with Crippen LogP contribution in [0.1, 0.15) is 24.2 Å². The summed E-state index contributed by atoms with van der Waals surface area (Å²) >= 11 is 5.85. The van der Waals surface area contributed by atoms with Crippen molar-refractivity contribution in [2.24, 2.45) is 12.8 Å². The number of rotatable bonds is 5. The maximum Gasteiger partial charge on any atom is 0.244 e. The van der Waals surface area contributed by atoms with E-state index in [9.17, 15) is 4.79 Å². The van der Waals surface area contributed by atoms with E-state index in [1.165, 1.54) is 0 Å². The molecule has 0 fully saturated rings. The Morgan fingerprint density at radius 3 is 2.65 bits per heavy atom. The van der Waals surface area contributed by atoms with Crippen LogP contribution in [-0.4, -0.2) is 15.7 Å². The Balaban J connectivity index is 2.31. The first-order valence-electron chi connectivity index (χ1n) is 6.35. The summed E-state index contributed by atoms with van der Waals surface area (Å²) in [5.74, 6) is -0.442. The summed E-state index contributed by atoms with van der Waals surface area (Å²) in [5, 5.41) is 8.10. The minimum Gasteiger partial charge on any atom is -0.370 e. The predicted octanol–water partition coefficient (Wildman–Crippen LogP) is 2.27. The first-order chi connectivity index (χ1) is 9.51. The summed E-state index contributed by atoms with van der Waals surface area (Å²) in [4.78, 5) is 11.7. The number of nitrogens with zero attached hydrogens (tertiary/aromatic N) is 2. The molecule has 5 nitrogen and oxygen atoms in total. The highest BCUT2D eigenvalue weighted by Gasteiger charge is 2.22. The van der Waals surface area contributed by atoms with Gasteiger partial charge in [-0.1, -0.05) is 18.5 Å². The maximum atomic E-state index is 11.7. The molecule has 1 aromatic heterocycles. The quantitative estimate of drug-likeness (QED) is 0.888. The Hall–Kier alpha value is -2.01. The molecule has 0 saturated heterocycles. The SMILES string of the molecule is CCc1nn(C)cc1C(Nc1ccc(Cl)cc1)C(N)=O. The Morgan fingerprint density at radius 2 is 2.10 bits per heavy atom. The van der Waals surface area contributed by atoms with E-state index in [1.54, 1.807) is 28.9 Å². The highest BCUT2D eigenvalue weighted by Crippen LogP contribution is 2.23. The number of anilines is 1. The van der Waals surface area contributed by atoms with E-state index in [-0.39, 0.29) is 0 Å². The lowest BCUT2D eigenvalue weighted by Gasteiger charge is -2.16. The summed E-state index contributed by atoms with van der Waals surface area (Å²) in [6, 6.07) is 6.51. The number of carbonyl (C=O) groups excluding carboxylic acids is 1. The van der Waals surface area contributed by atoms with E-state index in [0.29, 0.717) is 5.02 Å². The lowest BCUT2D eigenvalue weighted by Crippen LogP contribution is -2.28. The first kappa shape index (κ1) is 14.4. The van der Waals surface area contributed by atoms with E-state index in [4.69, 9.17) is 17.3 Å². The van der Waals surface area contributed by atoms with Gasteiger partial charge in [0, 0.05) is 29.5 Å². The van der Waals surface area contributed by atoms with Gasteiger partial charge in [0.1, 0.15) is 6.04 Å². The van der Waals surface area contributed by atoms with Crippen LogP contribution in [0.4, 0.5) is 5.69 Å². The van der Waals surface area contributed by atoms with Gasteiger partial charge in [0.05, 0.1) is 5.69 Å². The second-order valence-electron chi connectivity index (χ2n) is 4.54. The fourth-order valence-corrected chi connectivity index (χ4v) is 2.21. The van der Waals surface area contributed by atoms with E-state index < -0.39 is 11.9 Å². The summed E-state index contributed by atoms with van der Waals surface area (Å²) in [6.45, 7) is 1.99. The van der Waals surface area contributed by atoms with Crippen molar-refractivity contribution in [1.29, 1.82) is 0 Å². The van der Waals surface area contributed by atoms with Crippen molar-refractivity contribution in [2.75, 3.05) is 5.32 Å². The van der Waals surface area contributed by atoms with Gasteiger partial charge in [-0.25, -0.2) is 0 Å². The van der Waals surface area contributed by atoms with Gasteiger partial charge in [-0.05, 0) is 30.7 Å². The van der Waals surface area contributed by atoms with Crippen molar-refractivity contribution < 1.29 is 4.79 Å². The topological polar surface area (TPSA) is 72.9 Å². The number of carbonyl (C=O) groups is 1. The van der Waals surface area contributed by atoms with E-state index in [1.807, 2.05) is 20.2 Å². The van der Waals surface area contributed by atoms with Crippen molar-refractivity contribution in [3.05, 3.63) is 46.7 Å². The van der Waals surface area contributed by atoms with Crippen LogP contribution >= 0.6 is 11.6 Å². The molecule has 2 rings (SSSR count). The van der Waals surface area contributed by atoms with Crippen molar-refractivity contribution in [3.8, 4) is 0 Å². The molecule has 2 aromatic rings. The van der Waals surface area contributed by atoms with Crippen molar-refractivity contribution in [2.45, 2.75) is 19.4 Å². The molecule has 6 heteroatoms. The van der Waals surface area contributed by atoms with Crippen LogP contribution < -0.4 is 11.1 Å². The monoisotopic (exact) mass is 292 g/mol. The molecular formula is C14H17ClN4O. The number of aryl methyl sites for hydroxylation is 2. The van der Waals surface area contributed by atoms with E-state index in [2.05, 4.69) is 10.4 Å². The molecule has 3 N–H and O–H groups in total. The van der Waals surface area contributed by atoms with Gasteiger partial charge in [0.25, 0.3) is 0 Å². The third-order valence-electron chi connectivity index (χ3n) is 3.02. The summed E-state index contributed by atoms with van der Waals surface area (Å²) in [6.07, 6.45) is 2.55. The minimum absolute atomic E-state index is 0.442. The number of benzene rings is 1. The van der Waals surface area contributed by atoms with Crippen LogP contribution in [0.5, 0.6) is 0 Å². The van der Waals surface area contributed by atoms with Gasteiger partial charge in [-0.15, -0.1) is 0 Å². The molecule has 0 aliphatic heterocycles. The maximum absolute atomic E-state index is 11.7. The van der Waals surface area contributed by atoms with Gasteiger partial charge >= 0.3 is 0 Å². The highest BCUT2D eigenvalue weighted by atomic mass is 35.5. The van der Waals surface area contributed by atoms with Crippen LogP contribution in [0, 0.1) is 0 Å². The molecule has 1 atom stereocenters. The highest BCUT2D eigenvalue weighted by molar-refractivity contribution is 6.30. The van der Waals surface area contributed by atoms with Crippen LogP contribution in [0.2, 0.25) is 5.02 Å². The number of hydrogen-bond donors (Lipinski definition) is 2. The standard InChI is InChI=1S/C14H17ClN4O/c1-3-12-11(8-19(2)18-12)13(14(16)20)17-10-6-4-9(15)5-7-10/h4-8,13,17H,3H2,1-2H3,(H2,16,20). The van der Waals surface area contributed by atoms with Gasteiger partial charge in [-0.3, -0.25) is 9.48 Å². The van der Waals surface area contributed by atoms with Gasteiger partial charge < -0.3 is 11.1 Å². The van der Waals surface area contributed by atoms with Crippen LogP contribution in [0.25, 0.3) is 0 Å². The van der Waals surface area contributed by atoms with Gasteiger partial charge in [0.15, 0.2) is 0 Å². The predicted molar refractivity (Wildman–Crippen MR) is 79.6 cm³/mol. The molecule has 1 amide bonds. The number of halogens is 1. The average Bonchev–Trinajstić information content (AvgIpc) is 2.78. The number of amides is 1. The Kier molecular flexibility index (Phi) is 4.29. The van der Waals surface area contributed by atoms with Crippen molar-refractivity contribution in [1.82, 2.24) is 9.78 Å². The Morgan fingerprint density at radius 1 is 1.45 bits per heavy atom. The smallest absolute Gasteiger partial charge is 0.244 e. The number of nitrogens with two attached hydrogens (primary N) is 1. The molecule has 0 aliphatic rings. The number of aromatic nitrogens is 2. The van der Waals surface area contributed by atoms with Crippen molar-refractivity contribution in [3.63, 3.8) is 0 Å². The molecule has 1 heterocycles. The molecule has 1 aromatic carbocycles. The van der Waals surface area contributed by atoms with Crippen LogP contribution in [0.15, 0.2) is 30.5 Å². The third-order valence-corrected chi connectivity index (χ3v) is 3.28. The lowest BCUT2D eigenvalue weighted by molar-refractivity contribution is -0.118. The summed E-state index contributed by atoms with van der Waals surface area (Å²) < 4.78 is 1.69. The van der Waals surface area contributed by atoms with Gasteiger partial charge in [0.2, 0.25) is 5.91 Å². The van der Waals surface area contributed by atoms with Crippen molar-refractivity contribution >= 4 is 23.2 Å². The first-order valence-corrected chi connectivity index (χ1v) is 6.73. The molecule has 0 radical (unpaired) electrons. The molecule has 0 bridgehead atoms. The lowest BCUT2D eigenvalue weighted by atomic mass is 10.1. The normalized spacial score (nSPS) is 12.2. The number of primary amides is 1. The fourth-order valence-electron chi connectivity index (χ4n) is 2.08. The zero-order chi connectivity index (χ0) is 14.7. The summed E-state index contributed by atoms with van der Waals surface area (Å²) in [7, 11) is 1.82. The average molecular weight is 293 g/mol. The van der Waals surface area contributed by atoms with Crippen LogP contribution in [-0.2, 0) is 18.3 Å². The van der Waals surface area contributed by atoms with E-state index in [0.717, 1.165) is 23.4 Å². The number of nitrogens with one attached hydrogen (secondary N) is 1. The minimum atomic E-state index is -0.611. The second kappa shape index (κ2) is 5.96. The Bertz CT molecular complexity index is 606. The molecule has 1 unspecified atom stereocenters. The van der Waals surface area contributed by atoms with Gasteiger partial charge in [-0.2, -0.15) is 5.10 Å². The second-order valence-corrected chi connectivity index (χ2v) is 4.98. The largest absolute Gasteiger partial charge is 0.370 e. The zero-order valence-corrected chi connectivity index (χ0v) is 12.2. The molecule has 0 spiro atoms. The summed E-state index contributed by atoms with van der Waals surface area (Å²) in [5.41, 5.74) is 7.96. The molecule has 20 heavy (non-hydrogen) atoms. The zero-order valence-electron chi connectivity index (χ0n) is 11.4. The molecule has 106 valence electrons. The molecule has 0 aliphatic carbocycles. The fraction of sp³-hybridized carbons (Fsp3) is 0.286. The molecule has 0 saturated carbocycles. The Labute approximate surface area is 122 Å². The van der Waals surface area contributed by atoms with Crippen LogP contribution in [0.3, 0.4) is 0 Å². The molecular weight excluding hydrogens is 276 g/mol. The number of hydrogen-bond acceptors (Lipinski definition) is 3. The third kappa shape index (κ3) is 3.11. The van der Waals surface area contributed by atoms with E-state index >= 15 is 0 Å².